The maximum absolute atomic E-state index is 12.2. The Morgan fingerprint density at radius 3 is 2.47 bits per heavy atom. The highest BCUT2D eigenvalue weighted by Gasteiger charge is 2.20. The van der Waals surface area contributed by atoms with Crippen molar-refractivity contribution in [1.82, 2.24) is 10.0 Å². The number of benzene rings is 1. The van der Waals surface area contributed by atoms with E-state index in [1.807, 2.05) is 6.92 Å². The molecule has 1 atom stereocenters. The van der Waals surface area contributed by atoms with Crippen LogP contribution < -0.4 is 19.5 Å². The van der Waals surface area contributed by atoms with Gasteiger partial charge in [-0.25, -0.2) is 13.1 Å². The van der Waals surface area contributed by atoms with Gasteiger partial charge in [0.1, 0.15) is 16.4 Å². The smallest absolute Gasteiger partial charge is 0.244 e. The van der Waals surface area contributed by atoms with Crippen molar-refractivity contribution in [2.24, 2.45) is 0 Å². The summed E-state index contributed by atoms with van der Waals surface area (Å²) in [7, 11) is 1.04. The fourth-order valence-corrected chi connectivity index (χ4v) is 2.72. The van der Waals surface area contributed by atoms with Crippen molar-refractivity contribution in [2.75, 3.05) is 27.8 Å². The summed E-state index contributed by atoms with van der Waals surface area (Å²) in [6.45, 7) is 2.17. The number of ether oxygens (including phenoxy) is 2. The lowest BCUT2D eigenvalue weighted by Crippen LogP contribution is -2.37. The zero-order valence-electron chi connectivity index (χ0n) is 11.6. The first-order valence-electron chi connectivity index (χ1n) is 5.83. The molecule has 7 heteroatoms. The lowest BCUT2D eigenvalue weighted by Gasteiger charge is -2.14. The summed E-state index contributed by atoms with van der Waals surface area (Å²) < 4.78 is 37.1. The molecule has 19 heavy (non-hydrogen) atoms. The maximum atomic E-state index is 12.2. The second-order valence-corrected chi connectivity index (χ2v) is 5.79. The van der Waals surface area contributed by atoms with E-state index in [1.165, 1.54) is 20.3 Å². The Labute approximate surface area is 114 Å². The summed E-state index contributed by atoms with van der Waals surface area (Å²) in [4.78, 5) is 0.0673. The molecule has 0 amide bonds. The van der Waals surface area contributed by atoms with Gasteiger partial charge in [-0.2, -0.15) is 0 Å². The minimum absolute atomic E-state index is 0.0337. The van der Waals surface area contributed by atoms with Crippen molar-refractivity contribution >= 4 is 10.0 Å². The molecule has 2 N–H and O–H groups in total. The molecule has 0 saturated heterocycles. The molecule has 0 spiro atoms. The third-order valence-corrected chi connectivity index (χ3v) is 4.18. The van der Waals surface area contributed by atoms with Crippen LogP contribution in [0.3, 0.4) is 0 Å². The lowest BCUT2D eigenvalue weighted by atomic mass is 10.3. The minimum atomic E-state index is -3.64. The molecule has 6 nitrogen and oxygen atoms in total. The Morgan fingerprint density at radius 1 is 1.26 bits per heavy atom. The van der Waals surface area contributed by atoms with Crippen molar-refractivity contribution in [3.63, 3.8) is 0 Å². The van der Waals surface area contributed by atoms with Crippen LogP contribution in [0.4, 0.5) is 0 Å². The van der Waals surface area contributed by atoms with E-state index in [1.54, 1.807) is 19.2 Å². The van der Waals surface area contributed by atoms with E-state index in [9.17, 15) is 8.42 Å². The molecule has 108 valence electrons. The average molecular weight is 288 g/mol. The Hall–Kier alpha value is -1.31. The van der Waals surface area contributed by atoms with E-state index >= 15 is 0 Å². The van der Waals surface area contributed by atoms with Gasteiger partial charge in [0.25, 0.3) is 0 Å². The number of hydrogen-bond acceptors (Lipinski definition) is 5. The predicted molar refractivity (Wildman–Crippen MR) is 73.3 cm³/mol. The quantitative estimate of drug-likeness (QED) is 0.768. The van der Waals surface area contributed by atoms with Crippen molar-refractivity contribution in [3.8, 4) is 11.5 Å². The van der Waals surface area contributed by atoms with Crippen LogP contribution in [0.1, 0.15) is 6.92 Å². The zero-order valence-corrected chi connectivity index (χ0v) is 12.4. The molecule has 1 aromatic rings. The Bertz CT molecular complexity index is 516. The van der Waals surface area contributed by atoms with E-state index in [4.69, 9.17) is 9.47 Å². The van der Waals surface area contributed by atoms with Gasteiger partial charge in [0, 0.05) is 18.7 Å². The van der Waals surface area contributed by atoms with Crippen LogP contribution in [0.2, 0.25) is 0 Å². The number of likely N-dealkylation sites (N-methyl/N-ethyl adjacent to an activating group) is 1. The van der Waals surface area contributed by atoms with Gasteiger partial charge in [-0.3, -0.25) is 0 Å². The fraction of sp³-hybridized carbons (Fsp3) is 0.500. The van der Waals surface area contributed by atoms with E-state index in [-0.39, 0.29) is 16.7 Å². The largest absolute Gasteiger partial charge is 0.497 e. The topological polar surface area (TPSA) is 76.7 Å². The summed E-state index contributed by atoms with van der Waals surface area (Å²) >= 11 is 0. The fourth-order valence-electron chi connectivity index (χ4n) is 1.41. The predicted octanol–water partition coefficient (Wildman–Crippen LogP) is 0.590. The molecule has 0 aliphatic rings. The van der Waals surface area contributed by atoms with E-state index < -0.39 is 10.0 Å². The summed E-state index contributed by atoms with van der Waals surface area (Å²) in [6.07, 6.45) is 0. The first-order chi connectivity index (χ1) is 8.94. The summed E-state index contributed by atoms with van der Waals surface area (Å²) in [5.41, 5.74) is 0. The molecule has 1 unspecified atom stereocenters. The van der Waals surface area contributed by atoms with Crippen LogP contribution in [0.15, 0.2) is 23.1 Å². The van der Waals surface area contributed by atoms with Crippen LogP contribution in [0, 0.1) is 0 Å². The van der Waals surface area contributed by atoms with Crippen molar-refractivity contribution < 1.29 is 17.9 Å². The van der Waals surface area contributed by atoms with Crippen LogP contribution >= 0.6 is 0 Å². The SMILES string of the molecule is CNC(C)CNS(=O)(=O)c1cc(OC)ccc1OC. The van der Waals surface area contributed by atoms with E-state index in [2.05, 4.69) is 10.0 Å². The highest BCUT2D eigenvalue weighted by atomic mass is 32.2. The van der Waals surface area contributed by atoms with Gasteiger partial charge in [-0.05, 0) is 26.1 Å². The first-order valence-corrected chi connectivity index (χ1v) is 7.32. The Kier molecular flexibility index (Phi) is 5.59. The lowest BCUT2D eigenvalue weighted by molar-refractivity contribution is 0.392. The summed E-state index contributed by atoms with van der Waals surface area (Å²) in [5.74, 6) is 0.744. The molecular weight excluding hydrogens is 268 g/mol. The molecule has 0 heterocycles. The second kappa shape index (κ2) is 6.74. The molecule has 0 fully saturated rings. The zero-order chi connectivity index (χ0) is 14.5. The van der Waals surface area contributed by atoms with Gasteiger partial charge in [0.05, 0.1) is 14.2 Å². The highest BCUT2D eigenvalue weighted by molar-refractivity contribution is 7.89. The molecule has 0 bridgehead atoms. The van der Waals surface area contributed by atoms with Gasteiger partial charge < -0.3 is 14.8 Å². The maximum Gasteiger partial charge on any atom is 0.244 e. The van der Waals surface area contributed by atoms with E-state index in [0.29, 0.717) is 12.3 Å². The van der Waals surface area contributed by atoms with Gasteiger partial charge >= 0.3 is 0 Å². The number of sulfonamides is 1. The van der Waals surface area contributed by atoms with Crippen LogP contribution in [-0.2, 0) is 10.0 Å². The van der Waals surface area contributed by atoms with Gasteiger partial charge in [-0.1, -0.05) is 0 Å². The van der Waals surface area contributed by atoms with Gasteiger partial charge in [0.2, 0.25) is 10.0 Å². The third kappa shape index (κ3) is 4.09. The van der Waals surface area contributed by atoms with Crippen LogP contribution in [0.5, 0.6) is 11.5 Å². The molecule has 0 aliphatic carbocycles. The normalized spacial score (nSPS) is 13.1. The Morgan fingerprint density at radius 2 is 1.95 bits per heavy atom. The third-order valence-electron chi connectivity index (χ3n) is 2.73. The highest BCUT2D eigenvalue weighted by Crippen LogP contribution is 2.27. The van der Waals surface area contributed by atoms with Crippen LogP contribution in [-0.4, -0.2) is 42.3 Å². The van der Waals surface area contributed by atoms with E-state index in [0.717, 1.165) is 0 Å². The number of hydrogen-bond donors (Lipinski definition) is 2. The summed E-state index contributed by atoms with van der Waals surface area (Å²) in [6, 6.07) is 4.68. The molecule has 1 aromatic carbocycles. The first kappa shape index (κ1) is 15.7. The molecule has 0 aromatic heterocycles. The van der Waals surface area contributed by atoms with Crippen LogP contribution in [0.25, 0.3) is 0 Å². The number of methoxy groups -OCH3 is 2. The molecule has 0 saturated carbocycles. The van der Waals surface area contributed by atoms with Gasteiger partial charge in [0.15, 0.2) is 0 Å². The molecular formula is C12H20N2O4S. The van der Waals surface area contributed by atoms with Crippen molar-refractivity contribution in [3.05, 3.63) is 18.2 Å². The standard InChI is InChI=1S/C12H20N2O4S/c1-9(13-2)8-14-19(15,16)12-7-10(17-3)5-6-11(12)18-4/h5-7,9,13-14H,8H2,1-4H3. The van der Waals surface area contributed by atoms with Gasteiger partial charge in [-0.15, -0.1) is 0 Å². The molecule has 0 aliphatic heterocycles. The monoisotopic (exact) mass is 288 g/mol. The second-order valence-electron chi connectivity index (χ2n) is 4.06. The number of nitrogens with one attached hydrogen (secondary N) is 2. The molecule has 1 rings (SSSR count). The average Bonchev–Trinajstić information content (AvgIpc) is 2.43. The minimum Gasteiger partial charge on any atom is -0.497 e. The Balaban J connectivity index is 3.05. The molecule has 0 radical (unpaired) electrons. The van der Waals surface area contributed by atoms with Crippen molar-refractivity contribution in [1.29, 1.82) is 0 Å². The number of rotatable bonds is 7. The summed E-state index contributed by atoms with van der Waals surface area (Å²) in [5, 5.41) is 2.96. The van der Waals surface area contributed by atoms with Crippen molar-refractivity contribution in [2.45, 2.75) is 17.9 Å².